The first-order valence-corrected chi connectivity index (χ1v) is 5.75. The van der Waals surface area contributed by atoms with Crippen LogP contribution in [0.5, 0.6) is 0 Å². The first kappa shape index (κ1) is 12.3. The molecule has 0 amide bonds. The number of rotatable bonds is 4. The summed E-state index contributed by atoms with van der Waals surface area (Å²) in [4.78, 5) is 4.31. The monoisotopic (exact) mass is 213 g/mol. The van der Waals surface area contributed by atoms with Crippen molar-refractivity contribution in [2.24, 2.45) is 16.1 Å². The number of nitrogens with two attached hydrogens (primary N) is 1. The molecule has 4 nitrogen and oxygen atoms in total. The molecule has 0 saturated heterocycles. The molecule has 0 radical (unpaired) electrons. The van der Waals surface area contributed by atoms with Crippen molar-refractivity contribution in [3.8, 4) is 0 Å². The minimum Gasteiger partial charge on any atom is -0.396 e. The van der Waals surface area contributed by atoms with E-state index >= 15 is 0 Å². The minimum atomic E-state index is 0.00325. The summed E-state index contributed by atoms with van der Waals surface area (Å²) in [5.74, 6) is 0.490. The van der Waals surface area contributed by atoms with Gasteiger partial charge in [0.1, 0.15) is 0 Å². The number of hydrogen-bond donors (Lipinski definition) is 3. The molecule has 4 heteroatoms. The van der Waals surface area contributed by atoms with Gasteiger partial charge in [-0.25, -0.2) is 0 Å². The van der Waals surface area contributed by atoms with E-state index in [1.807, 2.05) is 13.8 Å². The maximum atomic E-state index is 9.38. The average Bonchev–Trinajstić information content (AvgIpc) is 2.63. The van der Waals surface area contributed by atoms with Crippen LogP contribution in [0, 0.1) is 5.41 Å². The number of aliphatic imine (C=N–C) groups is 1. The van der Waals surface area contributed by atoms with E-state index in [1.54, 1.807) is 0 Å². The fourth-order valence-corrected chi connectivity index (χ4v) is 2.09. The summed E-state index contributed by atoms with van der Waals surface area (Å²) < 4.78 is 0. The second-order valence-electron chi connectivity index (χ2n) is 4.87. The van der Waals surface area contributed by atoms with Crippen molar-refractivity contribution in [1.29, 1.82) is 0 Å². The molecule has 1 aliphatic carbocycles. The maximum absolute atomic E-state index is 9.38. The highest BCUT2D eigenvalue weighted by atomic mass is 16.3. The largest absolute Gasteiger partial charge is 0.396 e. The fourth-order valence-electron chi connectivity index (χ4n) is 2.09. The average molecular weight is 213 g/mol. The van der Waals surface area contributed by atoms with Gasteiger partial charge in [0.2, 0.25) is 0 Å². The molecule has 0 aromatic rings. The van der Waals surface area contributed by atoms with Crippen molar-refractivity contribution in [2.75, 3.05) is 13.2 Å². The Kier molecular flexibility index (Phi) is 4.39. The zero-order valence-electron chi connectivity index (χ0n) is 9.79. The predicted octanol–water partition coefficient (Wildman–Crippen LogP) is 0.852. The number of hydrogen-bond acceptors (Lipinski definition) is 2. The highest BCUT2D eigenvalue weighted by molar-refractivity contribution is 5.78. The lowest BCUT2D eigenvalue weighted by Gasteiger charge is -2.24. The number of aliphatic hydroxyl groups is 1. The standard InChI is InChI=1S/C11H23N3O/c1-9(2)14-10(12)13-7-11(8-15)5-3-4-6-11/h9,15H,3-8H2,1-2H3,(H3,12,13,14). The van der Waals surface area contributed by atoms with Gasteiger partial charge in [-0.05, 0) is 26.7 Å². The quantitative estimate of drug-likeness (QED) is 0.479. The van der Waals surface area contributed by atoms with Crippen LogP contribution < -0.4 is 11.1 Å². The molecular formula is C11H23N3O. The summed E-state index contributed by atoms with van der Waals surface area (Å²) in [5.41, 5.74) is 5.73. The first-order valence-electron chi connectivity index (χ1n) is 5.75. The van der Waals surface area contributed by atoms with Crippen LogP contribution in [0.3, 0.4) is 0 Å². The van der Waals surface area contributed by atoms with Gasteiger partial charge in [0.15, 0.2) is 5.96 Å². The Morgan fingerprint density at radius 3 is 2.53 bits per heavy atom. The molecule has 4 N–H and O–H groups in total. The van der Waals surface area contributed by atoms with Gasteiger partial charge in [-0.3, -0.25) is 4.99 Å². The summed E-state index contributed by atoms with van der Waals surface area (Å²) in [6.45, 7) is 4.93. The molecule has 0 unspecified atom stereocenters. The van der Waals surface area contributed by atoms with E-state index in [-0.39, 0.29) is 12.0 Å². The number of nitrogens with zero attached hydrogens (tertiary/aromatic N) is 1. The van der Waals surface area contributed by atoms with Gasteiger partial charge in [-0.1, -0.05) is 12.8 Å². The van der Waals surface area contributed by atoms with Crippen LogP contribution in [0.2, 0.25) is 0 Å². The van der Waals surface area contributed by atoms with Crippen LogP contribution in [0.4, 0.5) is 0 Å². The van der Waals surface area contributed by atoms with Crippen molar-refractivity contribution in [3.63, 3.8) is 0 Å². The van der Waals surface area contributed by atoms with Crippen molar-refractivity contribution >= 4 is 5.96 Å². The summed E-state index contributed by atoms with van der Waals surface area (Å²) in [6.07, 6.45) is 4.55. The Morgan fingerprint density at radius 1 is 1.47 bits per heavy atom. The molecule has 0 bridgehead atoms. The third-order valence-electron chi connectivity index (χ3n) is 3.02. The Labute approximate surface area is 92.0 Å². The van der Waals surface area contributed by atoms with Crippen LogP contribution in [0.1, 0.15) is 39.5 Å². The Balaban J connectivity index is 2.45. The third kappa shape index (κ3) is 3.70. The topological polar surface area (TPSA) is 70.6 Å². The molecule has 0 atom stereocenters. The van der Waals surface area contributed by atoms with Crippen LogP contribution >= 0.6 is 0 Å². The maximum Gasteiger partial charge on any atom is 0.188 e. The molecule has 1 aliphatic rings. The van der Waals surface area contributed by atoms with E-state index < -0.39 is 0 Å². The first-order chi connectivity index (χ1) is 7.08. The molecule has 15 heavy (non-hydrogen) atoms. The molecule has 0 aromatic heterocycles. The van der Waals surface area contributed by atoms with E-state index in [0.717, 1.165) is 12.8 Å². The van der Waals surface area contributed by atoms with Crippen LogP contribution in [0.15, 0.2) is 4.99 Å². The zero-order chi connectivity index (χ0) is 11.3. The molecule has 0 spiro atoms. The number of nitrogens with one attached hydrogen (secondary N) is 1. The molecule has 88 valence electrons. The lowest BCUT2D eigenvalue weighted by molar-refractivity contribution is 0.138. The van der Waals surface area contributed by atoms with Crippen molar-refractivity contribution < 1.29 is 5.11 Å². The fraction of sp³-hybridized carbons (Fsp3) is 0.909. The number of aliphatic hydroxyl groups excluding tert-OH is 1. The smallest absolute Gasteiger partial charge is 0.188 e. The molecule has 0 heterocycles. The van der Waals surface area contributed by atoms with Gasteiger partial charge >= 0.3 is 0 Å². The van der Waals surface area contributed by atoms with Gasteiger partial charge in [-0.2, -0.15) is 0 Å². The van der Waals surface area contributed by atoms with E-state index in [0.29, 0.717) is 18.5 Å². The molecule has 0 aromatic carbocycles. The highest BCUT2D eigenvalue weighted by Gasteiger charge is 2.32. The van der Waals surface area contributed by atoms with E-state index in [1.165, 1.54) is 12.8 Å². The van der Waals surface area contributed by atoms with Crippen LogP contribution in [-0.4, -0.2) is 30.3 Å². The van der Waals surface area contributed by atoms with Gasteiger partial charge < -0.3 is 16.2 Å². The van der Waals surface area contributed by atoms with Gasteiger partial charge in [0.05, 0.1) is 13.2 Å². The van der Waals surface area contributed by atoms with Crippen molar-refractivity contribution in [3.05, 3.63) is 0 Å². The van der Waals surface area contributed by atoms with Crippen LogP contribution in [-0.2, 0) is 0 Å². The van der Waals surface area contributed by atoms with Gasteiger partial charge in [0.25, 0.3) is 0 Å². The zero-order valence-corrected chi connectivity index (χ0v) is 9.79. The third-order valence-corrected chi connectivity index (χ3v) is 3.02. The number of guanidine groups is 1. The summed E-state index contributed by atoms with van der Waals surface area (Å²) >= 11 is 0. The van der Waals surface area contributed by atoms with Gasteiger partial charge in [0, 0.05) is 11.5 Å². The molecule has 0 aliphatic heterocycles. The summed E-state index contributed by atoms with van der Waals surface area (Å²) in [5, 5.41) is 12.4. The molecule has 1 rings (SSSR count). The Bertz CT molecular complexity index is 220. The molecule has 1 fully saturated rings. The van der Waals surface area contributed by atoms with Crippen molar-refractivity contribution in [1.82, 2.24) is 5.32 Å². The van der Waals surface area contributed by atoms with E-state index in [4.69, 9.17) is 5.73 Å². The summed E-state index contributed by atoms with van der Waals surface area (Å²) in [7, 11) is 0. The molecule has 1 saturated carbocycles. The second-order valence-corrected chi connectivity index (χ2v) is 4.87. The Hall–Kier alpha value is -0.770. The van der Waals surface area contributed by atoms with Gasteiger partial charge in [-0.15, -0.1) is 0 Å². The highest BCUT2D eigenvalue weighted by Crippen LogP contribution is 2.37. The summed E-state index contributed by atoms with van der Waals surface area (Å²) in [6, 6.07) is 0.308. The lowest BCUT2D eigenvalue weighted by atomic mass is 9.87. The van der Waals surface area contributed by atoms with Crippen LogP contribution in [0.25, 0.3) is 0 Å². The minimum absolute atomic E-state index is 0.00325. The predicted molar refractivity (Wildman–Crippen MR) is 62.7 cm³/mol. The second kappa shape index (κ2) is 5.35. The Morgan fingerprint density at radius 2 is 2.07 bits per heavy atom. The van der Waals surface area contributed by atoms with E-state index in [9.17, 15) is 5.11 Å². The normalized spacial score (nSPS) is 20.9. The lowest BCUT2D eigenvalue weighted by Crippen LogP contribution is -2.38. The van der Waals surface area contributed by atoms with Crippen molar-refractivity contribution in [2.45, 2.75) is 45.6 Å². The molecular weight excluding hydrogens is 190 g/mol. The van der Waals surface area contributed by atoms with E-state index in [2.05, 4.69) is 10.3 Å². The SMILES string of the molecule is CC(C)NC(N)=NCC1(CO)CCCC1.